The third-order valence-corrected chi connectivity index (χ3v) is 4.88. The van der Waals surface area contributed by atoms with Gasteiger partial charge in [0.1, 0.15) is 0 Å². The fraction of sp³-hybridized carbons (Fsp3) is 0.667. The van der Waals surface area contributed by atoms with Gasteiger partial charge in [0, 0.05) is 25.2 Å². The Hall–Kier alpha value is -1.85. The molecule has 27 heavy (non-hydrogen) atoms. The zero-order valence-corrected chi connectivity index (χ0v) is 16.2. The lowest BCUT2D eigenvalue weighted by molar-refractivity contribution is -0.144. The van der Waals surface area contributed by atoms with Gasteiger partial charge in [0.25, 0.3) is 0 Å². The van der Waals surface area contributed by atoms with Crippen LogP contribution in [0.2, 0.25) is 0 Å². The van der Waals surface area contributed by atoms with Crippen LogP contribution in [0.3, 0.4) is 0 Å². The summed E-state index contributed by atoms with van der Waals surface area (Å²) >= 11 is 0. The van der Waals surface area contributed by atoms with Gasteiger partial charge in [0.15, 0.2) is 5.78 Å². The number of esters is 1. The number of ketones is 2. The molecule has 0 radical (unpaired) electrons. The number of unbranched alkanes of at least 4 members (excludes halogenated alkanes) is 2. The van der Waals surface area contributed by atoms with Crippen LogP contribution in [0, 0.1) is 11.8 Å². The molecule has 2 atom stereocenters. The highest BCUT2D eigenvalue weighted by molar-refractivity contribution is 5.94. The van der Waals surface area contributed by atoms with Crippen molar-refractivity contribution in [1.82, 2.24) is 0 Å². The first-order chi connectivity index (χ1) is 12.8. The lowest BCUT2D eigenvalue weighted by atomic mass is 9.86. The van der Waals surface area contributed by atoms with Crippen molar-refractivity contribution in [3.63, 3.8) is 0 Å². The van der Waals surface area contributed by atoms with E-state index in [1.54, 1.807) is 6.08 Å². The van der Waals surface area contributed by atoms with Crippen LogP contribution in [0.5, 0.6) is 0 Å². The molecule has 0 aromatic heterocycles. The van der Waals surface area contributed by atoms with Crippen LogP contribution < -0.4 is 0 Å². The van der Waals surface area contributed by atoms with E-state index in [1.807, 2.05) is 19.1 Å². The van der Waals surface area contributed by atoms with Crippen molar-refractivity contribution >= 4 is 17.5 Å². The molecule has 0 fully saturated rings. The SMILES string of the molecule is CCCCC(F)(F)C(=O)CCC1C=CC(=O)[C@@H]1CC=CCCCC(=O)OC. The van der Waals surface area contributed by atoms with Crippen molar-refractivity contribution in [2.75, 3.05) is 7.11 Å². The number of ether oxygens (including phenoxy) is 1. The van der Waals surface area contributed by atoms with Gasteiger partial charge in [0.2, 0.25) is 5.78 Å². The normalized spacial score (nSPS) is 19.8. The van der Waals surface area contributed by atoms with Gasteiger partial charge in [0.05, 0.1) is 7.11 Å². The smallest absolute Gasteiger partial charge is 0.305 e. The lowest BCUT2D eigenvalue weighted by Gasteiger charge is -2.19. The van der Waals surface area contributed by atoms with E-state index in [0.29, 0.717) is 38.5 Å². The van der Waals surface area contributed by atoms with Crippen LogP contribution in [0.4, 0.5) is 8.78 Å². The van der Waals surface area contributed by atoms with Crippen LogP contribution in [0.15, 0.2) is 24.3 Å². The molecule has 0 saturated carbocycles. The van der Waals surface area contributed by atoms with E-state index < -0.39 is 18.1 Å². The van der Waals surface area contributed by atoms with Crippen LogP contribution in [-0.2, 0) is 19.1 Å². The summed E-state index contributed by atoms with van der Waals surface area (Å²) in [4.78, 5) is 34.8. The number of carbonyl (C=O) groups excluding carboxylic acids is 3. The fourth-order valence-corrected chi connectivity index (χ4v) is 3.12. The van der Waals surface area contributed by atoms with Crippen molar-refractivity contribution in [1.29, 1.82) is 0 Å². The third kappa shape index (κ3) is 8.14. The number of rotatable bonds is 13. The molecule has 1 unspecified atom stereocenters. The minimum Gasteiger partial charge on any atom is -0.469 e. The number of Topliss-reactive ketones (excluding diaryl/α,β-unsaturated/α-hetero) is 1. The van der Waals surface area contributed by atoms with E-state index in [4.69, 9.17) is 0 Å². The number of methoxy groups -OCH3 is 1. The molecule has 1 rings (SSSR count). The molecule has 0 saturated heterocycles. The summed E-state index contributed by atoms with van der Waals surface area (Å²) in [7, 11) is 1.35. The van der Waals surface area contributed by atoms with Crippen molar-refractivity contribution in [3.8, 4) is 0 Å². The first kappa shape index (κ1) is 23.2. The van der Waals surface area contributed by atoms with Gasteiger partial charge < -0.3 is 4.74 Å². The first-order valence-corrected chi connectivity index (χ1v) is 9.66. The second-order valence-corrected chi connectivity index (χ2v) is 6.98. The van der Waals surface area contributed by atoms with Crippen molar-refractivity contribution in [2.24, 2.45) is 11.8 Å². The minimum atomic E-state index is -3.27. The maximum atomic E-state index is 13.8. The van der Waals surface area contributed by atoms with Gasteiger partial charge in [-0.15, -0.1) is 0 Å². The van der Waals surface area contributed by atoms with E-state index in [1.165, 1.54) is 13.2 Å². The Morgan fingerprint density at radius 1 is 1.22 bits per heavy atom. The molecule has 1 aliphatic carbocycles. The largest absolute Gasteiger partial charge is 0.469 e. The van der Waals surface area contributed by atoms with Crippen LogP contribution >= 0.6 is 0 Å². The highest BCUT2D eigenvalue weighted by Gasteiger charge is 2.38. The number of allylic oxidation sites excluding steroid dienone is 4. The molecule has 0 aromatic rings. The summed E-state index contributed by atoms with van der Waals surface area (Å²) in [6, 6.07) is 0. The van der Waals surface area contributed by atoms with E-state index in [9.17, 15) is 23.2 Å². The van der Waals surface area contributed by atoms with Crippen LogP contribution in [0.1, 0.15) is 64.7 Å². The standard InChI is InChI=1S/C21H30F2O4/c1-3-4-15-21(22,23)19(25)14-12-16-11-13-18(24)17(16)9-7-5-6-8-10-20(26)27-2/h5,7,11,13,16-17H,3-4,6,8-10,12,14-15H2,1-2H3/t16?,17-/m1/s1. The van der Waals surface area contributed by atoms with Crippen LogP contribution in [-0.4, -0.2) is 30.6 Å². The van der Waals surface area contributed by atoms with Gasteiger partial charge in [-0.1, -0.05) is 31.6 Å². The second-order valence-electron chi connectivity index (χ2n) is 6.98. The predicted molar refractivity (Wildman–Crippen MR) is 99.5 cm³/mol. The van der Waals surface area contributed by atoms with Gasteiger partial charge in [-0.3, -0.25) is 14.4 Å². The minimum absolute atomic E-state index is 0.0237. The number of halogens is 2. The summed E-state index contributed by atoms with van der Waals surface area (Å²) in [6.45, 7) is 1.81. The number of hydrogen-bond donors (Lipinski definition) is 0. The van der Waals surface area contributed by atoms with Gasteiger partial charge in [-0.2, -0.15) is 8.78 Å². The monoisotopic (exact) mass is 384 g/mol. The van der Waals surface area contributed by atoms with E-state index in [-0.39, 0.29) is 36.4 Å². The topological polar surface area (TPSA) is 60.4 Å². The Morgan fingerprint density at radius 3 is 2.63 bits per heavy atom. The molecule has 152 valence electrons. The number of hydrogen-bond acceptors (Lipinski definition) is 4. The number of alkyl halides is 2. The second kappa shape index (κ2) is 11.8. The summed E-state index contributed by atoms with van der Waals surface area (Å²) < 4.78 is 32.1. The Balaban J connectivity index is 2.42. The Bertz CT molecular complexity index is 567. The molecule has 0 aromatic carbocycles. The first-order valence-electron chi connectivity index (χ1n) is 9.66. The molecule has 6 heteroatoms. The quantitative estimate of drug-likeness (QED) is 0.259. The van der Waals surface area contributed by atoms with E-state index in [2.05, 4.69) is 4.74 Å². The van der Waals surface area contributed by atoms with Crippen molar-refractivity contribution in [2.45, 2.75) is 70.6 Å². The molecule has 1 aliphatic rings. The fourth-order valence-electron chi connectivity index (χ4n) is 3.12. The molecule has 0 N–H and O–H groups in total. The molecule has 0 amide bonds. The van der Waals surface area contributed by atoms with Crippen LogP contribution in [0.25, 0.3) is 0 Å². The summed E-state index contributed by atoms with van der Waals surface area (Å²) in [5.41, 5.74) is 0. The average Bonchev–Trinajstić information content (AvgIpc) is 3.00. The summed E-state index contributed by atoms with van der Waals surface area (Å²) in [5.74, 6) is -5.04. The highest BCUT2D eigenvalue weighted by atomic mass is 19.3. The van der Waals surface area contributed by atoms with Crippen molar-refractivity contribution < 1.29 is 27.9 Å². The zero-order valence-electron chi connectivity index (χ0n) is 16.2. The lowest BCUT2D eigenvalue weighted by Crippen LogP contribution is -2.29. The van der Waals surface area contributed by atoms with Gasteiger partial charge in [-0.25, -0.2) is 0 Å². The van der Waals surface area contributed by atoms with E-state index in [0.717, 1.165) is 0 Å². The Morgan fingerprint density at radius 2 is 1.96 bits per heavy atom. The molecule has 0 aliphatic heterocycles. The molecular weight excluding hydrogens is 354 g/mol. The third-order valence-electron chi connectivity index (χ3n) is 4.88. The molecule has 4 nitrogen and oxygen atoms in total. The van der Waals surface area contributed by atoms with Gasteiger partial charge in [-0.05, 0) is 44.1 Å². The molecule has 0 spiro atoms. The highest BCUT2D eigenvalue weighted by Crippen LogP contribution is 2.32. The predicted octanol–water partition coefficient (Wildman–Crippen LogP) is 4.82. The van der Waals surface area contributed by atoms with E-state index >= 15 is 0 Å². The average molecular weight is 384 g/mol. The molecular formula is C21H30F2O4. The maximum Gasteiger partial charge on any atom is 0.305 e. The Kier molecular flexibility index (Phi) is 10.1. The molecule has 0 bridgehead atoms. The van der Waals surface area contributed by atoms with Crippen molar-refractivity contribution in [3.05, 3.63) is 24.3 Å². The zero-order chi connectivity index (χ0) is 20.3. The summed E-state index contributed by atoms with van der Waals surface area (Å²) in [5, 5.41) is 0. The maximum absolute atomic E-state index is 13.8. The number of carbonyl (C=O) groups is 3. The Labute approximate surface area is 160 Å². The van der Waals surface area contributed by atoms with Gasteiger partial charge >= 0.3 is 11.9 Å². The summed E-state index contributed by atoms with van der Waals surface area (Å²) in [6.07, 6.45) is 9.85. The molecule has 0 heterocycles.